The van der Waals surface area contributed by atoms with Crippen LogP contribution in [0.25, 0.3) is 0 Å². The van der Waals surface area contributed by atoms with Gasteiger partial charge in [-0.2, -0.15) is 0 Å². The number of aliphatic hydroxyl groups is 1. The van der Waals surface area contributed by atoms with Crippen molar-refractivity contribution < 1.29 is 5.11 Å². The highest BCUT2D eigenvalue weighted by molar-refractivity contribution is 9.10. The quantitative estimate of drug-likeness (QED) is 0.912. The lowest BCUT2D eigenvalue weighted by atomic mass is 9.99. The molecule has 2 heterocycles. The Kier molecular flexibility index (Phi) is 4.05. The zero-order chi connectivity index (χ0) is 11.5. The van der Waals surface area contributed by atoms with Crippen molar-refractivity contribution in [2.45, 2.75) is 12.8 Å². The van der Waals surface area contributed by atoms with E-state index >= 15 is 0 Å². The molecule has 1 aromatic heterocycles. The predicted octanol–water partition coefficient (Wildman–Crippen LogP) is 2.71. The fraction of sp³-hybridized carbons (Fsp3) is 0.545. The average molecular weight is 306 g/mol. The highest BCUT2D eigenvalue weighted by atomic mass is 79.9. The van der Waals surface area contributed by atoms with Crippen molar-refractivity contribution in [1.29, 1.82) is 0 Å². The maximum absolute atomic E-state index is 9.19. The molecule has 3 nitrogen and oxygen atoms in total. The van der Waals surface area contributed by atoms with Gasteiger partial charge in [-0.3, -0.25) is 0 Å². The van der Waals surface area contributed by atoms with Crippen LogP contribution in [0.1, 0.15) is 12.8 Å². The first-order valence-corrected chi connectivity index (χ1v) is 6.54. The number of piperidine rings is 1. The third-order valence-corrected chi connectivity index (χ3v) is 3.66. The largest absolute Gasteiger partial charge is 0.396 e. The lowest BCUT2D eigenvalue weighted by Crippen LogP contribution is -2.37. The van der Waals surface area contributed by atoms with Gasteiger partial charge in [-0.15, -0.1) is 0 Å². The Hall–Kier alpha value is -0.320. The van der Waals surface area contributed by atoms with Crippen LogP contribution in [0.15, 0.2) is 16.7 Å². The summed E-state index contributed by atoms with van der Waals surface area (Å²) in [6, 6.07) is 1.85. The Balaban J connectivity index is 2.16. The first-order chi connectivity index (χ1) is 7.70. The van der Waals surface area contributed by atoms with Gasteiger partial charge in [-0.1, -0.05) is 11.6 Å². The zero-order valence-electron chi connectivity index (χ0n) is 8.87. The summed E-state index contributed by atoms with van der Waals surface area (Å²) in [5.74, 6) is 1.28. The van der Waals surface area contributed by atoms with Gasteiger partial charge >= 0.3 is 0 Å². The predicted molar refractivity (Wildman–Crippen MR) is 69.0 cm³/mol. The van der Waals surface area contributed by atoms with Crippen LogP contribution in [-0.2, 0) is 0 Å². The molecule has 0 bridgehead atoms. The SMILES string of the molecule is OCC1CCCN(c2ncc(Cl)cc2Br)C1. The number of nitrogens with zero attached hydrogens (tertiary/aromatic N) is 2. The summed E-state index contributed by atoms with van der Waals surface area (Å²) < 4.78 is 0.915. The Morgan fingerprint density at radius 3 is 3.12 bits per heavy atom. The highest BCUT2D eigenvalue weighted by Gasteiger charge is 2.21. The molecule has 5 heteroatoms. The fourth-order valence-corrected chi connectivity index (χ4v) is 2.94. The van der Waals surface area contributed by atoms with Crippen molar-refractivity contribution in [3.05, 3.63) is 21.8 Å². The topological polar surface area (TPSA) is 36.4 Å². The van der Waals surface area contributed by atoms with E-state index in [9.17, 15) is 5.11 Å². The van der Waals surface area contributed by atoms with Crippen molar-refractivity contribution in [3.8, 4) is 0 Å². The smallest absolute Gasteiger partial charge is 0.142 e. The molecule has 1 aromatic rings. The molecule has 0 aliphatic carbocycles. The van der Waals surface area contributed by atoms with Gasteiger partial charge in [0.2, 0.25) is 0 Å². The van der Waals surface area contributed by atoms with E-state index in [1.165, 1.54) is 0 Å². The normalized spacial score (nSPS) is 21.2. The van der Waals surface area contributed by atoms with Crippen LogP contribution in [0.3, 0.4) is 0 Å². The van der Waals surface area contributed by atoms with E-state index < -0.39 is 0 Å². The molecular weight excluding hydrogens is 291 g/mol. The van der Waals surface area contributed by atoms with Crippen LogP contribution in [0.2, 0.25) is 5.02 Å². The number of halogens is 2. The van der Waals surface area contributed by atoms with Gasteiger partial charge in [0.25, 0.3) is 0 Å². The number of hydrogen-bond donors (Lipinski definition) is 1. The molecule has 2 rings (SSSR count). The first-order valence-electron chi connectivity index (χ1n) is 5.37. The second kappa shape index (κ2) is 5.34. The number of anilines is 1. The molecule has 1 saturated heterocycles. The molecule has 16 heavy (non-hydrogen) atoms. The Morgan fingerprint density at radius 1 is 1.62 bits per heavy atom. The molecule has 88 valence electrons. The number of pyridine rings is 1. The molecule has 1 atom stereocenters. The summed E-state index contributed by atoms with van der Waals surface area (Å²) in [5, 5.41) is 9.82. The summed E-state index contributed by atoms with van der Waals surface area (Å²) in [6.07, 6.45) is 3.85. The maximum Gasteiger partial charge on any atom is 0.142 e. The number of aliphatic hydroxyl groups excluding tert-OH is 1. The maximum atomic E-state index is 9.19. The molecule has 1 aliphatic heterocycles. The van der Waals surface area contributed by atoms with Crippen LogP contribution in [-0.4, -0.2) is 29.8 Å². The second-order valence-corrected chi connectivity index (χ2v) is 5.39. The minimum absolute atomic E-state index is 0.252. The van der Waals surface area contributed by atoms with E-state index in [1.54, 1.807) is 6.20 Å². The molecule has 1 unspecified atom stereocenters. The Morgan fingerprint density at radius 2 is 2.44 bits per heavy atom. The third kappa shape index (κ3) is 2.67. The molecule has 0 radical (unpaired) electrons. The van der Waals surface area contributed by atoms with Crippen molar-refractivity contribution in [2.75, 3.05) is 24.6 Å². The van der Waals surface area contributed by atoms with Crippen LogP contribution in [0.4, 0.5) is 5.82 Å². The second-order valence-electron chi connectivity index (χ2n) is 4.10. The summed E-state index contributed by atoms with van der Waals surface area (Å²) in [4.78, 5) is 6.53. The van der Waals surface area contributed by atoms with Crippen LogP contribution in [0, 0.1) is 5.92 Å². The minimum Gasteiger partial charge on any atom is -0.396 e. The van der Waals surface area contributed by atoms with E-state index in [1.807, 2.05) is 6.07 Å². The number of rotatable bonds is 2. The van der Waals surface area contributed by atoms with Gasteiger partial charge < -0.3 is 10.0 Å². The molecule has 0 amide bonds. The van der Waals surface area contributed by atoms with E-state index in [4.69, 9.17) is 11.6 Å². The standard InChI is InChI=1S/C11H14BrClN2O/c12-10-4-9(13)5-14-11(10)15-3-1-2-8(6-15)7-16/h4-5,8,16H,1-3,6-7H2. The summed E-state index contributed by atoms with van der Waals surface area (Å²) >= 11 is 9.33. The van der Waals surface area contributed by atoms with Gasteiger partial charge in [-0.25, -0.2) is 4.98 Å². The average Bonchev–Trinajstić information content (AvgIpc) is 2.29. The summed E-state index contributed by atoms with van der Waals surface area (Å²) in [5.41, 5.74) is 0. The summed E-state index contributed by atoms with van der Waals surface area (Å²) in [6.45, 7) is 2.11. The molecule has 1 N–H and O–H groups in total. The van der Waals surface area contributed by atoms with E-state index in [-0.39, 0.29) is 6.61 Å². The first kappa shape index (κ1) is 12.1. The van der Waals surface area contributed by atoms with Gasteiger partial charge in [-0.05, 0) is 40.8 Å². The van der Waals surface area contributed by atoms with Crippen molar-refractivity contribution in [3.63, 3.8) is 0 Å². The van der Waals surface area contributed by atoms with Crippen molar-refractivity contribution >= 4 is 33.3 Å². The zero-order valence-corrected chi connectivity index (χ0v) is 11.2. The monoisotopic (exact) mass is 304 g/mol. The minimum atomic E-state index is 0.252. The van der Waals surface area contributed by atoms with Crippen LogP contribution < -0.4 is 4.90 Å². The molecule has 0 saturated carbocycles. The van der Waals surface area contributed by atoms with Gasteiger partial charge in [0, 0.05) is 25.9 Å². The number of hydrogen-bond acceptors (Lipinski definition) is 3. The molecule has 0 aromatic carbocycles. The number of aromatic nitrogens is 1. The van der Waals surface area contributed by atoms with E-state index in [0.717, 1.165) is 36.2 Å². The molecule has 1 aliphatic rings. The van der Waals surface area contributed by atoms with E-state index in [2.05, 4.69) is 25.8 Å². The molecule has 1 fully saturated rings. The fourth-order valence-electron chi connectivity index (χ4n) is 2.05. The third-order valence-electron chi connectivity index (χ3n) is 2.87. The van der Waals surface area contributed by atoms with Gasteiger partial charge in [0.05, 0.1) is 9.50 Å². The lowest BCUT2D eigenvalue weighted by Gasteiger charge is -2.33. The van der Waals surface area contributed by atoms with Crippen LogP contribution >= 0.6 is 27.5 Å². The van der Waals surface area contributed by atoms with E-state index in [0.29, 0.717) is 10.9 Å². The Labute approximate surface area is 109 Å². The molecular formula is C11H14BrClN2O. The van der Waals surface area contributed by atoms with Crippen LogP contribution in [0.5, 0.6) is 0 Å². The molecule has 0 spiro atoms. The van der Waals surface area contributed by atoms with Crippen molar-refractivity contribution in [1.82, 2.24) is 4.98 Å². The summed E-state index contributed by atoms with van der Waals surface area (Å²) in [7, 11) is 0. The Bertz CT molecular complexity index is 375. The van der Waals surface area contributed by atoms with Gasteiger partial charge in [0.15, 0.2) is 0 Å². The highest BCUT2D eigenvalue weighted by Crippen LogP contribution is 2.29. The van der Waals surface area contributed by atoms with Gasteiger partial charge in [0.1, 0.15) is 5.82 Å². The van der Waals surface area contributed by atoms with Crippen molar-refractivity contribution in [2.24, 2.45) is 5.92 Å². The lowest BCUT2D eigenvalue weighted by molar-refractivity contribution is 0.208.